The molecule has 1 aliphatic carbocycles. The molecule has 1 heterocycles. The van der Waals surface area contributed by atoms with Gasteiger partial charge in [-0.25, -0.2) is 0 Å². The molecule has 0 spiro atoms. The molecule has 0 saturated heterocycles. The summed E-state index contributed by atoms with van der Waals surface area (Å²) in [5, 5.41) is 11.6. The van der Waals surface area contributed by atoms with Gasteiger partial charge in [0.2, 0.25) is 0 Å². The Morgan fingerprint density at radius 2 is 1.95 bits per heavy atom. The average molecular weight is 256 g/mol. The highest BCUT2D eigenvalue weighted by Crippen LogP contribution is 2.25. The topological polar surface area (TPSA) is 42.7 Å². The molecule has 19 heavy (non-hydrogen) atoms. The summed E-state index contributed by atoms with van der Waals surface area (Å²) in [7, 11) is 1.96. The quantitative estimate of drug-likeness (QED) is 0.914. The lowest BCUT2D eigenvalue weighted by Crippen LogP contribution is -2.10. The fourth-order valence-electron chi connectivity index (χ4n) is 2.76. The van der Waals surface area contributed by atoms with Crippen LogP contribution in [0.2, 0.25) is 0 Å². The van der Waals surface area contributed by atoms with E-state index in [0.717, 1.165) is 23.9 Å². The molecule has 4 nitrogen and oxygen atoms in total. The SMILES string of the molecule is Cn1cnnc1-c1ccc(NCC2CCCC2)cc1. The summed E-state index contributed by atoms with van der Waals surface area (Å²) >= 11 is 0. The van der Waals surface area contributed by atoms with E-state index in [1.165, 1.54) is 31.4 Å². The summed E-state index contributed by atoms with van der Waals surface area (Å²) in [4.78, 5) is 0. The maximum absolute atomic E-state index is 4.12. The third-order valence-corrected chi connectivity index (χ3v) is 3.92. The second-order valence-electron chi connectivity index (χ2n) is 5.37. The number of anilines is 1. The minimum atomic E-state index is 0.860. The molecule has 0 aliphatic heterocycles. The van der Waals surface area contributed by atoms with E-state index in [1.54, 1.807) is 6.33 Å². The molecule has 0 unspecified atom stereocenters. The monoisotopic (exact) mass is 256 g/mol. The first-order valence-corrected chi connectivity index (χ1v) is 7.01. The van der Waals surface area contributed by atoms with Gasteiger partial charge in [-0.05, 0) is 43.0 Å². The molecule has 1 saturated carbocycles. The molecule has 1 N–H and O–H groups in total. The first-order valence-electron chi connectivity index (χ1n) is 7.01. The van der Waals surface area contributed by atoms with E-state index in [-0.39, 0.29) is 0 Å². The number of hydrogen-bond donors (Lipinski definition) is 1. The van der Waals surface area contributed by atoms with Crippen LogP contribution in [0.1, 0.15) is 25.7 Å². The van der Waals surface area contributed by atoms with Gasteiger partial charge >= 0.3 is 0 Å². The number of nitrogens with zero attached hydrogens (tertiary/aromatic N) is 3. The van der Waals surface area contributed by atoms with Crippen LogP contribution < -0.4 is 5.32 Å². The number of nitrogens with one attached hydrogen (secondary N) is 1. The standard InChI is InChI=1S/C15H20N4/c1-19-11-17-18-15(19)13-6-8-14(9-7-13)16-10-12-4-2-3-5-12/h6-9,11-12,16H,2-5,10H2,1H3. The predicted octanol–water partition coefficient (Wildman–Crippen LogP) is 3.08. The van der Waals surface area contributed by atoms with E-state index < -0.39 is 0 Å². The lowest BCUT2D eigenvalue weighted by Gasteiger charge is -2.12. The number of aryl methyl sites for hydroxylation is 1. The van der Waals surface area contributed by atoms with Crippen LogP contribution >= 0.6 is 0 Å². The van der Waals surface area contributed by atoms with Gasteiger partial charge in [-0.1, -0.05) is 12.8 Å². The van der Waals surface area contributed by atoms with Crippen LogP contribution in [0, 0.1) is 5.92 Å². The van der Waals surface area contributed by atoms with E-state index in [0.29, 0.717) is 0 Å². The van der Waals surface area contributed by atoms with E-state index >= 15 is 0 Å². The summed E-state index contributed by atoms with van der Waals surface area (Å²) in [5.74, 6) is 1.76. The molecule has 1 fully saturated rings. The van der Waals surface area contributed by atoms with Crippen LogP contribution in [0.25, 0.3) is 11.4 Å². The average Bonchev–Trinajstić information content (AvgIpc) is 3.08. The third kappa shape index (κ3) is 2.78. The Balaban J connectivity index is 1.64. The molecule has 3 rings (SSSR count). The van der Waals surface area contributed by atoms with Gasteiger partial charge in [-0.15, -0.1) is 10.2 Å². The summed E-state index contributed by atoms with van der Waals surface area (Å²) in [6.45, 7) is 1.10. The van der Waals surface area contributed by atoms with Gasteiger partial charge in [0, 0.05) is 24.8 Å². The maximum Gasteiger partial charge on any atom is 0.163 e. The Labute approximate surface area is 113 Å². The van der Waals surface area contributed by atoms with Crippen molar-refractivity contribution in [3.63, 3.8) is 0 Å². The molecule has 0 bridgehead atoms. The highest BCUT2D eigenvalue weighted by Gasteiger charge is 2.14. The van der Waals surface area contributed by atoms with Gasteiger partial charge < -0.3 is 9.88 Å². The maximum atomic E-state index is 4.12. The summed E-state index contributed by atoms with van der Waals surface area (Å²) in [5.41, 5.74) is 2.30. The minimum absolute atomic E-state index is 0.860. The summed E-state index contributed by atoms with van der Waals surface area (Å²) < 4.78 is 1.93. The van der Waals surface area contributed by atoms with Gasteiger partial charge in [-0.3, -0.25) is 0 Å². The summed E-state index contributed by atoms with van der Waals surface area (Å²) in [6, 6.07) is 8.44. The Bertz CT molecular complexity index is 523. The van der Waals surface area contributed by atoms with Crippen molar-refractivity contribution in [3.8, 4) is 11.4 Å². The van der Waals surface area contributed by atoms with Crippen LogP contribution in [0.4, 0.5) is 5.69 Å². The van der Waals surface area contributed by atoms with Gasteiger partial charge in [0.15, 0.2) is 5.82 Å². The summed E-state index contributed by atoms with van der Waals surface area (Å²) in [6.07, 6.45) is 7.28. The molecule has 0 atom stereocenters. The van der Waals surface area contributed by atoms with Crippen LogP contribution in [0.5, 0.6) is 0 Å². The van der Waals surface area contributed by atoms with E-state index in [4.69, 9.17) is 0 Å². The first kappa shape index (κ1) is 12.2. The second-order valence-corrected chi connectivity index (χ2v) is 5.37. The Hall–Kier alpha value is -1.84. The zero-order chi connectivity index (χ0) is 13.1. The van der Waals surface area contributed by atoms with Crippen LogP contribution in [-0.2, 0) is 7.05 Å². The third-order valence-electron chi connectivity index (χ3n) is 3.92. The largest absolute Gasteiger partial charge is 0.385 e. The Kier molecular flexibility index (Phi) is 3.49. The molecule has 1 aromatic carbocycles. The van der Waals surface area contributed by atoms with Crippen molar-refractivity contribution >= 4 is 5.69 Å². The molecule has 0 amide bonds. The van der Waals surface area contributed by atoms with E-state index in [1.807, 2.05) is 11.6 Å². The lowest BCUT2D eigenvalue weighted by molar-refractivity contribution is 0.580. The second kappa shape index (κ2) is 5.43. The van der Waals surface area contributed by atoms with Crippen molar-refractivity contribution in [2.24, 2.45) is 13.0 Å². The number of rotatable bonds is 4. The highest BCUT2D eigenvalue weighted by atomic mass is 15.2. The minimum Gasteiger partial charge on any atom is -0.385 e. The number of benzene rings is 1. The van der Waals surface area contributed by atoms with Gasteiger partial charge in [0.05, 0.1) is 0 Å². The number of hydrogen-bond acceptors (Lipinski definition) is 3. The fraction of sp³-hybridized carbons (Fsp3) is 0.467. The zero-order valence-electron chi connectivity index (χ0n) is 11.3. The van der Waals surface area contributed by atoms with E-state index in [9.17, 15) is 0 Å². The Morgan fingerprint density at radius 1 is 1.21 bits per heavy atom. The predicted molar refractivity (Wildman–Crippen MR) is 76.9 cm³/mol. The molecule has 1 aliphatic rings. The molecule has 1 aromatic heterocycles. The van der Waals surface area contributed by atoms with Crippen LogP contribution in [0.3, 0.4) is 0 Å². The smallest absolute Gasteiger partial charge is 0.163 e. The van der Waals surface area contributed by atoms with Crippen molar-refractivity contribution in [2.75, 3.05) is 11.9 Å². The molecule has 4 heteroatoms. The molecular weight excluding hydrogens is 236 g/mol. The molecule has 100 valence electrons. The van der Waals surface area contributed by atoms with Crippen LogP contribution in [0.15, 0.2) is 30.6 Å². The van der Waals surface area contributed by atoms with Crippen LogP contribution in [-0.4, -0.2) is 21.3 Å². The van der Waals surface area contributed by atoms with Gasteiger partial charge in [0.25, 0.3) is 0 Å². The van der Waals surface area contributed by atoms with Crippen molar-refractivity contribution in [3.05, 3.63) is 30.6 Å². The van der Waals surface area contributed by atoms with Crippen molar-refractivity contribution in [2.45, 2.75) is 25.7 Å². The van der Waals surface area contributed by atoms with Crippen molar-refractivity contribution in [1.29, 1.82) is 0 Å². The molecule has 2 aromatic rings. The van der Waals surface area contributed by atoms with E-state index in [2.05, 4.69) is 39.8 Å². The molecular formula is C15H20N4. The lowest BCUT2D eigenvalue weighted by atomic mass is 10.1. The van der Waals surface area contributed by atoms with Gasteiger partial charge in [-0.2, -0.15) is 0 Å². The first-order chi connectivity index (χ1) is 9.33. The number of aromatic nitrogens is 3. The molecule has 0 radical (unpaired) electrons. The van der Waals surface area contributed by atoms with Crippen molar-refractivity contribution in [1.82, 2.24) is 14.8 Å². The van der Waals surface area contributed by atoms with Gasteiger partial charge in [0.1, 0.15) is 6.33 Å². The normalized spacial score (nSPS) is 15.8. The Morgan fingerprint density at radius 3 is 2.58 bits per heavy atom. The fourth-order valence-corrected chi connectivity index (χ4v) is 2.76. The van der Waals surface area contributed by atoms with Crippen molar-refractivity contribution < 1.29 is 0 Å². The zero-order valence-corrected chi connectivity index (χ0v) is 11.3. The highest BCUT2D eigenvalue weighted by molar-refractivity contribution is 5.59.